The molecule has 0 spiro atoms. The van der Waals surface area contributed by atoms with Crippen LogP contribution in [-0.4, -0.2) is 11.2 Å². The molecule has 1 N–H and O–H groups in total. The summed E-state index contributed by atoms with van der Waals surface area (Å²) in [6, 6.07) is 0. The number of hydrogen-bond donors (Lipinski definition) is 2. The predicted octanol–water partition coefficient (Wildman–Crippen LogP) is 2.70. The third-order valence-corrected chi connectivity index (χ3v) is 3.26. The Morgan fingerprint density at radius 1 is 1.69 bits per heavy atom. The van der Waals surface area contributed by atoms with Crippen molar-refractivity contribution in [2.45, 2.75) is 25.5 Å². The summed E-state index contributed by atoms with van der Waals surface area (Å²) in [6.45, 7) is 3.92. The molecule has 0 saturated carbocycles. The Bertz CT molecular complexity index is 296. The van der Waals surface area contributed by atoms with Crippen LogP contribution < -0.4 is 5.32 Å². The highest BCUT2D eigenvalue weighted by molar-refractivity contribution is 7.81. The van der Waals surface area contributed by atoms with Gasteiger partial charge in [0.15, 0.2) is 0 Å². The second kappa shape index (κ2) is 4.67. The number of carbonyl (C=O) groups is 1. The third-order valence-electron chi connectivity index (χ3n) is 1.80. The molecular weight excluding hydrogens is 202 g/mol. The minimum Gasteiger partial charge on any atom is -0.324 e. The van der Waals surface area contributed by atoms with Gasteiger partial charge in [-0.3, -0.25) is 4.79 Å². The van der Waals surface area contributed by atoms with Gasteiger partial charge < -0.3 is 5.32 Å². The zero-order valence-corrected chi connectivity index (χ0v) is 9.41. The van der Waals surface area contributed by atoms with Gasteiger partial charge in [-0.25, -0.2) is 0 Å². The van der Waals surface area contributed by atoms with Crippen LogP contribution in [-0.2, 0) is 4.79 Å². The summed E-state index contributed by atoms with van der Waals surface area (Å²) in [5, 5.41) is 6.57. The molecule has 0 aromatic carbocycles. The van der Waals surface area contributed by atoms with Crippen LogP contribution in [0.2, 0.25) is 0 Å². The number of carbonyl (C=O) groups excluding carboxylic acids is 1. The van der Waals surface area contributed by atoms with Gasteiger partial charge >= 0.3 is 0 Å². The van der Waals surface area contributed by atoms with Gasteiger partial charge in [-0.1, -0.05) is 6.92 Å². The van der Waals surface area contributed by atoms with Gasteiger partial charge in [-0.15, -0.1) is 11.3 Å². The van der Waals surface area contributed by atoms with Gasteiger partial charge in [0.1, 0.15) is 0 Å². The van der Waals surface area contributed by atoms with Crippen LogP contribution in [0.25, 0.3) is 0 Å². The molecule has 0 radical (unpaired) electrons. The van der Waals surface area contributed by atoms with Gasteiger partial charge in [0, 0.05) is 5.38 Å². The highest BCUT2D eigenvalue weighted by atomic mass is 32.1. The van der Waals surface area contributed by atoms with Crippen molar-refractivity contribution in [2.24, 2.45) is 0 Å². The molecule has 0 saturated heterocycles. The van der Waals surface area contributed by atoms with E-state index in [0.717, 1.165) is 17.7 Å². The highest BCUT2D eigenvalue weighted by Gasteiger charge is 2.12. The lowest BCUT2D eigenvalue weighted by atomic mass is 10.3. The Labute approximate surface area is 87.8 Å². The zero-order valence-electron chi connectivity index (χ0n) is 7.70. The van der Waals surface area contributed by atoms with E-state index >= 15 is 0 Å². The van der Waals surface area contributed by atoms with Crippen molar-refractivity contribution in [3.05, 3.63) is 16.3 Å². The maximum atomic E-state index is 11.4. The largest absolute Gasteiger partial charge is 0.324 e. The minimum atomic E-state index is -0.209. The van der Waals surface area contributed by atoms with Crippen molar-refractivity contribution in [1.29, 1.82) is 0 Å². The summed E-state index contributed by atoms with van der Waals surface area (Å²) >= 11 is 5.75. The summed E-state index contributed by atoms with van der Waals surface area (Å²) in [5.74, 6) is -0.0210. The molecule has 1 aromatic heterocycles. The van der Waals surface area contributed by atoms with Gasteiger partial charge in [-0.2, -0.15) is 12.6 Å². The van der Waals surface area contributed by atoms with E-state index in [-0.39, 0.29) is 11.2 Å². The average Bonchev–Trinajstić information content (AvgIpc) is 2.50. The van der Waals surface area contributed by atoms with E-state index in [1.165, 1.54) is 0 Å². The molecule has 0 aliphatic heterocycles. The Morgan fingerprint density at radius 3 is 2.85 bits per heavy atom. The first kappa shape index (κ1) is 10.6. The van der Waals surface area contributed by atoms with Crippen molar-refractivity contribution < 1.29 is 4.79 Å². The summed E-state index contributed by atoms with van der Waals surface area (Å²) < 4.78 is 0. The van der Waals surface area contributed by atoms with Gasteiger partial charge in [-0.05, 0) is 24.3 Å². The molecule has 0 fully saturated rings. The van der Waals surface area contributed by atoms with Crippen molar-refractivity contribution >= 4 is 35.6 Å². The Kier molecular flexibility index (Phi) is 3.81. The lowest BCUT2D eigenvalue weighted by molar-refractivity contribution is -0.115. The summed E-state index contributed by atoms with van der Waals surface area (Å²) in [5.41, 5.74) is 2.01. The summed E-state index contributed by atoms with van der Waals surface area (Å²) in [7, 11) is 0. The number of thiol groups is 1. The topological polar surface area (TPSA) is 29.1 Å². The molecule has 13 heavy (non-hydrogen) atoms. The van der Waals surface area contributed by atoms with Gasteiger partial charge in [0.2, 0.25) is 5.91 Å². The van der Waals surface area contributed by atoms with E-state index in [9.17, 15) is 4.79 Å². The number of aryl methyl sites for hydroxylation is 1. The maximum absolute atomic E-state index is 11.4. The molecule has 1 rings (SSSR count). The number of thiophene rings is 1. The van der Waals surface area contributed by atoms with Crippen LogP contribution in [0, 0.1) is 6.92 Å². The first-order valence-corrected chi connectivity index (χ1v) is 5.62. The Hall–Kier alpha value is -0.480. The van der Waals surface area contributed by atoms with Crippen LogP contribution in [0.1, 0.15) is 18.9 Å². The van der Waals surface area contributed by atoms with Crippen LogP contribution in [0.4, 0.5) is 5.69 Å². The van der Waals surface area contributed by atoms with Crippen LogP contribution in [0.3, 0.4) is 0 Å². The van der Waals surface area contributed by atoms with Crippen LogP contribution in [0.15, 0.2) is 10.8 Å². The Morgan fingerprint density at radius 2 is 2.38 bits per heavy atom. The van der Waals surface area contributed by atoms with E-state index in [2.05, 4.69) is 17.9 Å². The van der Waals surface area contributed by atoms with Crippen molar-refractivity contribution in [1.82, 2.24) is 0 Å². The molecule has 4 heteroatoms. The fourth-order valence-corrected chi connectivity index (χ4v) is 1.73. The molecule has 1 amide bonds. The van der Waals surface area contributed by atoms with Crippen LogP contribution >= 0.6 is 24.0 Å². The van der Waals surface area contributed by atoms with Crippen molar-refractivity contribution in [3.8, 4) is 0 Å². The summed E-state index contributed by atoms with van der Waals surface area (Å²) in [4.78, 5) is 11.4. The highest BCUT2D eigenvalue weighted by Crippen LogP contribution is 2.20. The number of anilines is 1. The summed E-state index contributed by atoms with van der Waals surface area (Å²) in [6.07, 6.45) is 0.748. The van der Waals surface area contributed by atoms with E-state index in [0.29, 0.717) is 0 Å². The number of hydrogen-bond acceptors (Lipinski definition) is 3. The van der Waals surface area contributed by atoms with Gasteiger partial charge in [0.05, 0.1) is 10.9 Å². The van der Waals surface area contributed by atoms with Crippen LogP contribution in [0.5, 0.6) is 0 Å². The van der Waals surface area contributed by atoms with Gasteiger partial charge in [0.25, 0.3) is 0 Å². The predicted molar refractivity (Wildman–Crippen MR) is 60.8 cm³/mol. The molecule has 1 aromatic rings. The van der Waals surface area contributed by atoms with E-state index in [4.69, 9.17) is 0 Å². The fourth-order valence-electron chi connectivity index (χ4n) is 0.890. The zero-order chi connectivity index (χ0) is 9.84. The normalized spacial score (nSPS) is 12.5. The SMILES string of the molecule is CCC(S)C(=O)Nc1cscc1C. The molecular formula is C9H13NOS2. The molecule has 1 unspecified atom stereocenters. The lowest BCUT2D eigenvalue weighted by Crippen LogP contribution is -2.22. The molecule has 72 valence electrons. The molecule has 0 aliphatic rings. The number of rotatable bonds is 3. The third kappa shape index (κ3) is 2.74. The molecule has 2 nitrogen and oxygen atoms in total. The monoisotopic (exact) mass is 215 g/mol. The number of amides is 1. The quantitative estimate of drug-likeness (QED) is 0.746. The molecule has 1 atom stereocenters. The first-order chi connectivity index (χ1) is 6.15. The van der Waals surface area contributed by atoms with Crippen molar-refractivity contribution in [3.63, 3.8) is 0 Å². The standard InChI is InChI=1S/C9H13NOS2/c1-3-8(12)9(11)10-7-5-13-4-6(7)2/h4-5,8,12H,3H2,1-2H3,(H,10,11). The van der Waals surface area contributed by atoms with E-state index in [1.54, 1.807) is 11.3 Å². The number of nitrogens with one attached hydrogen (secondary N) is 1. The molecule has 1 heterocycles. The maximum Gasteiger partial charge on any atom is 0.237 e. The average molecular weight is 215 g/mol. The van der Waals surface area contributed by atoms with E-state index in [1.807, 2.05) is 24.6 Å². The second-order valence-electron chi connectivity index (χ2n) is 2.88. The second-order valence-corrected chi connectivity index (χ2v) is 4.25. The lowest BCUT2D eigenvalue weighted by Gasteiger charge is -2.08. The van der Waals surface area contributed by atoms with Crippen molar-refractivity contribution in [2.75, 3.05) is 5.32 Å². The Balaban J connectivity index is 2.60. The first-order valence-electron chi connectivity index (χ1n) is 4.17. The van der Waals surface area contributed by atoms with E-state index < -0.39 is 0 Å². The molecule has 0 bridgehead atoms. The smallest absolute Gasteiger partial charge is 0.237 e. The fraction of sp³-hybridized carbons (Fsp3) is 0.444. The molecule has 0 aliphatic carbocycles. The minimum absolute atomic E-state index is 0.0210.